The summed E-state index contributed by atoms with van der Waals surface area (Å²) in [6, 6.07) is 15.6. The van der Waals surface area contributed by atoms with Gasteiger partial charge in [0.2, 0.25) is 12.2 Å². The molecule has 6 atom stereocenters. The zero-order valence-electron chi connectivity index (χ0n) is 24.3. The number of rotatable bonds is 10. The molecule has 42 heavy (non-hydrogen) atoms. The standard InChI is InChI=1S/C30H36N2O10/c1-16(2)24(21-10-8-7-9-11-21)29(37)31-23-14-12-22(13-15-23)28(36)32-42-30-27(41-20(6)35)26(40-19(5)34)25(17(3)38-30)39-18(4)33/h7-17,24-27,30H,1-6H3,(H,31,37)(H,32,36)/t17-,24-,25+,26+,27-,30-/m0/s1. The molecule has 3 rings (SSSR count). The highest BCUT2D eigenvalue weighted by Crippen LogP contribution is 2.29. The highest BCUT2D eigenvalue weighted by Gasteiger charge is 2.51. The predicted octanol–water partition coefficient (Wildman–Crippen LogP) is 3.27. The summed E-state index contributed by atoms with van der Waals surface area (Å²) in [7, 11) is 0. The Bertz CT molecular complexity index is 1260. The van der Waals surface area contributed by atoms with E-state index in [9.17, 15) is 24.0 Å². The van der Waals surface area contributed by atoms with Gasteiger partial charge in [0.05, 0.1) is 12.0 Å². The highest BCUT2D eigenvalue weighted by molar-refractivity contribution is 5.97. The molecule has 0 saturated carbocycles. The summed E-state index contributed by atoms with van der Waals surface area (Å²) < 4.78 is 21.6. The van der Waals surface area contributed by atoms with Gasteiger partial charge in [-0.2, -0.15) is 0 Å². The third-order valence-corrected chi connectivity index (χ3v) is 6.42. The summed E-state index contributed by atoms with van der Waals surface area (Å²) in [5, 5.41) is 2.89. The molecule has 0 spiro atoms. The third kappa shape index (κ3) is 8.60. The van der Waals surface area contributed by atoms with Gasteiger partial charge in [0.1, 0.15) is 0 Å². The number of amides is 2. The maximum atomic E-state index is 13.0. The summed E-state index contributed by atoms with van der Waals surface area (Å²) in [6.45, 7) is 8.93. The molecule has 0 aromatic heterocycles. The number of hydrogen-bond donors (Lipinski definition) is 2. The van der Waals surface area contributed by atoms with Crippen LogP contribution in [0.5, 0.6) is 0 Å². The number of esters is 3. The van der Waals surface area contributed by atoms with Crippen molar-refractivity contribution in [2.75, 3.05) is 5.32 Å². The van der Waals surface area contributed by atoms with Crippen LogP contribution < -0.4 is 10.8 Å². The van der Waals surface area contributed by atoms with Crippen molar-refractivity contribution in [1.82, 2.24) is 5.48 Å². The number of carbonyl (C=O) groups is 5. The lowest BCUT2D eigenvalue weighted by atomic mass is 9.87. The number of anilines is 1. The number of carbonyl (C=O) groups excluding carboxylic acids is 5. The van der Waals surface area contributed by atoms with E-state index < -0.39 is 54.5 Å². The van der Waals surface area contributed by atoms with Crippen molar-refractivity contribution in [2.45, 2.75) is 78.2 Å². The van der Waals surface area contributed by atoms with Gasteiger partial charge in [0, 0.05) is 32.0 Å². The largest absolute Gasteiger partial charge is 0.456 e. The molecule has 0 radical (unpaired) electrons. The van der Waals surface area contributed by atoms with Gasteiger partial charge in [-0.3, -0.25) is 24.0 Å². The number of ether oxygens (including phenoxy) is 4. The van der Waals surface area contributed by atoms with Crippen LogP contribution in [0.4, 0.5) is 5.69 Å². The molecule has 0 unspecified atom stereocenters. The zero-order valence-corrected chi connectivity index (χ0v) is 24.3. The Morgan fingerprint density at radius 1 is 0.762 bits per heavy atom. The molecule has 12 nitrogen and oxygen atoms in total. The Balaban J connectivity index is 1.69. The number of nitrogens with one attached hydrogen (secondary N) is 2. The van der Waals surface area contributed by atoms with Gasteiger partial charge in [-0.15, -0.1) is 0 Å². The molecule has 1 aliphatic rings. The summed E-state index contributed by atoms with van der Waals surface area (Å²) in [6.07, 6.45) is -6.02. The summed E-state index contributed by atoms with van der Waals surface area (Å²) in [5.74, 6) is -3.28. The Kier molecular flexibility index (Phi) is 11.2. The van der Waals surface area contributed by atoms with Crippen molar-refractivity contribution < 1.29 is 47.8 Å². The van der Waals surface area contributed by atoms with Crippen molar-refractivity contribution in [3.8, 4) is 0 Å². The quantitative estimate of drug-likeness (QED) is 0.241. The lowest BCUT2D eigenvalue weighted by Gasteiger charge is -2.42. The van der Waals surface area contributed by atoms with Gasteiger partial charge in [0.25, 0.3) is 5.91 Å². The van der Waals surface area contributed by atoms with E-state index in [4.69, 9.17) is 23.8 Å². The van der Waals surface area contributed by atoms with E-state index >= 15 is 0 Å². The zero-order chi connectivity index (χ0) is 31.0. The van der Waals surface area contributed by atoms with Gasteiger partial charge in [0.15, 0.2) is 18.3 Å². The van der Waals surface area contributed by atoms with E-state index in [1.165, 1.54) is 19.1 Å². The van der Waals surface area contributed by atoms with Gasteiger partial charge in [-0.25, -0.2) is 10.3 Å². The minimum Gasteiger partial charge on any atom is -0.456 e. The average Bonchev–Trinajstić information content (AvgIpc) is 2.91. The van der Waals surface area contributed by atoms with Crippen LogP contribution in [0.1, 0.15) is 63.4 Å². The molecule has 0 bridgehead atoms. The summed E-state index contributed by atoms with van der Waals surface area (Å²) >= 11 is 0. The van der Waals surface area contributed by atoms with Crippen molar-refractivity contribution in [3.63, 3.8) is 0 Å². The van der Waals surface area contributed by atoms with Crippen molar-refractivity contribution in [2.24, 2.45) is 5.92 Å². The van der Waals surface area contributed by atoms with Crippen molar-refractivity contribution in [1.29, 1.82) is 0 Å². The van der Waals surface area contributed by atoms with E-state index in [0.29, 0.717) is 5.69 Å². The fraction of sp³-hybridized carbons (Fsp3) is 0.433. The Labute approximate surface area is 243 Å². The second kappa shape index (κ2) is 14.6. The molecule has 2 aromatic carbocycles. The van der Waals surface area contributed by atoms with Crippen LogP contribution in [-0.4, -0.2) is 60.4 Å². The molecule has 226 valence electrons. The Morgan fingerprint density at radius 3 is 1.86 bits per heavy atom. The Hall–Kier alpha value is -4.29. The number of hydrogen-bond acceptors (Lipinski definition) is 10. The number of hydroxylamine groups is 1. The third-order valence-electron chi connectivity index (χ3n) is 6.42. The van der Waals surface area contributed by atoms with E-state index in [2.05, 4.69) is 10.8 Å². The molecule has 0 aliphatic carbocycles. The molecule has 12 heteroatoms. The molecule has 1 saturated heterocycles. The molecule has 2 N–H and O–H groups in total. The van der Waals surface area contributed by atoms with E-state index in [1.807, 2.05) is 44.2 Å². The van der Waals surface area contributed by atoms with E-state index in [-0.39, 0.29) is 23.3 Å². The number of benzene rings is 2. The fourth-order valence-corrected chi connectivity index (χ4v) is 4.66. The fourth-order valence-electron chi connectivity index (χ4n) is 4.66. The molecule has 1 fully saturated rings. The second-order valence-electron chi connectivity index (χ2n) is 10.2. The molecule has 2 aromatic rings. The molecule has 2 amide bonds. The summed E-state index contributed by atoms with van der Waals surface area (Å²) in [5.41, 5.74) is 3.84. The van der Waals surface area contributed by atoms with E-state index in [0.717, 1.165) is 19.4 Å². The van der Waals surface area contributed by atoms with Gasteiger partial charge in [-0.1, -0.05) is 44.2 Å². The van der Waals surface area contributed by atoms with Crippen LogP contribution in [0, 0.1) is 5.92 Å². The summed E-state index contributed by atoms with van der Waals surface area (Å²) in [4.78, 5) is 66.6. The lowest BCUT2D eigenvalue weighted by molar-refractivity contribution is -0.310. The van der Waals surface area contributed by atoms with Crippen LogP contribution in [0.3, 0.4) is 0 Å². The second-order valence-corrected chi connectivity index (χ2v) is 10.2. The van der Waals surface area contributed by atoms with Gasteiger partial charge >= 0.3 is 17.9 Å². The van der Waals surface area contributed by atoms with Crippen LogP contribution in [0.2, 0.25) is 0 Å². The first-order valence-electron chi connectivity index (χ1n) is 13.5. The average molecular weight is 585 g/mol. The highest BCUT2D eigenvalue weighted by atomic mass is 16.8. The first-order valence-corrected chi connectivity index (χ1v) is 13.5. The van der Waals surface area contributed by atoms with Crippen LogP contribution >= 0.6 is 0 Å². The SMILES string of the molecule is CC(=O)O[C@H]1[C@H](OC(C)=O)[C@H](ONC(=O)c2ccc(NC(=O)[C@H](c3ccccc3)C(C)C)cc2)O[C@@H](C)[C@H]1OC(C)=O. The molecular weight excluding hydrogens is 548 g/mol. The lowest BCUT2D eigenvalue weighted by Crippen LogP contribution is -2.62. The molecule has 1 heterocycles. The van der Waals surface area contributed by atoms with E-state index in [1.54, 1.807) is 19.1 Å². The van der Waals surface area contributed by atoms with Crippen LogP contribution in [0.25, 0.3) is 0 Å². The van der Waals surface area contributed by atoms with Gasteiger partial charge in [-0.05, 0) is 42.7 Å². The van der Waals surface area contributed by atoms with Crippen molar-refractivity contribution in [3.05, 3.63) is 65.7 Å². The maximum absolute atomic E-state index is 13.0. The minimum atomic E-state index is -1.41. The van der Waals surface area contributed by atoms with Crippen molar-refractivity contribution >= 4 is 35.4 Å². The monoisotopic (exact) mass is 584 g/mol. The first kappa shape index (κ1) is 32.2. The predicted molar refractivity (Wildman–Crippen MR) is 149 cm³/mol. The molecule has 1 aliphatic heterocycles. The Morgan fingerprint density at radius 2 is 1.31 bits per heavy atom. The van der Waals surface area contributed by atoms with Crippen LogP contribution in [-0.2, 0) is 43.0 Å². The van der Waals surface area contributed by atoms with Gasteiger partial charge < -0.3 is 24.3 Å². The topological polar surface area (TPSA) is 156 Å². The van der Waals surface area contributed by atoms with Crippen LogP contribution in [0.15, 0.2) is 54.6 Å². The minimum absolute atomic E-state index is 0.0554. The first-order chi connectivity index (χ1) is 19.9. The maximum Gasteiger partial charge on any atom is 0.303 e. The smallest absolute Gasteiger partial charge is 0.303 e. The molecular formula is C30H36N2O10. The normalized spacial score (nSPS) is 22.4.